The van der Waals surface area contributed by atoms with E-state index in [0.717, 1.165) is 103 Å². The zero-order valence-electron chi connectivity index (χ0n) is 47.0. The summed E-state index contributed by atoms with van der Waals surface area (Å²) in [5.41, 5.74) is 0. The molecule has 410 valence electrons. The Labute approximate surface area is 440 Å². The molecule has 0 spiro atoms. The van der Waals surface area contributed by atoms with E-state index in [1.54, 1.807) is 0 Å². The van der Waals surface area contributed by atoms with Crippen molar-refractivity contribution in [2.45, 2.75) is 309 Å². The average molecular weight is 992 g/mol. The fourth-order valence-electron chi connectivity index (χ4n) is 8.60. The highest BCUT2D eigenvalue weighted by atomic mass is 16.6. The van der Waals surface area contributed by atoms with E-state index >= 15 is 0 Å². The number of carbonyl (C=O) groups is 3. The van der Waals surface area contributed by atoms with Gasteiger partial charge < -0.3 is 14.2 Å². The number of unbranched alkanes of at least 4 members (excludes halogenated alkanes) is 32. The largest absolute Gasteiger partial charge is 0.462 e. The summed E-state index contributed by atoms with van der Waals surface area (Å²) in [5, 5.41) is 0. The van der Waals surface area contributed by atoms with Gasteiger partial charge in [-0.3, -0.25) is 14.4 Å². The predicted octanol–water partition coefficient (Wildman–Crippen LogP) is 20.5. The van der Waals surface area contributed by atoms with Crippen LogP contribution in [-0.4, -0.2) is 37.2 Å². The van der Waals surface area contributed by atoms with Crippen LogP contribution in [0.3, 0.4) is 0 Å². The average Bonchev–Trinajstić information content (AvgIpc) is 3.37. The lowest BCUT2D eigenvalue weighted by Crippen LogP contribution is -2.30. The van der Waals surface area contributed by atoms with Gasteiger partial charge in [0.05, 0.1) is 0 Å². The van der Waals surface area contributed by atoms with Gasteiger partial charge in [-0.25, -0.2) is 0 Å². The second-order valence-electron chi connectivity index (χ2n) is 20.2. The second-order valence-corrected chi connectivity index (χ2v) is 20.2. The zero-order chi connectivity index (χ0) is 51.4. The van der Waals surface area contributed by atoms with Crippen molar-refractivity contribution in [3.05, 3.63) is 72.9 Å². The number of hydrogen-bond donors (Lipinski definition) is 0. The highest BCUT2D eigenvalue weighted by Crippen LogP contribution is 2.16. The standard InChI is InChI=1S/C65H114O6/c1-4-7-10-13-16-19-22-25-28-30-31-32-33-34-35-36-38-40-43-46-49-52-55-58-64(67)70-61-62(60-69-63(66)57-54-51-48-45-42-39-27-24-21-18-15-12-9-6-3)71-65(68)59-56-53-50-47-44-41-37-29-26-23-20-17-14-11-8-5-2/h7,10,16,19,24-25,27-29,31-32,37,62H,4-6,8-9,11-15,17-18,20-23,26,30,33-36,38-61H2,1-3H3/b10-7-,19-16-,27-24-,28-25-,32-31-,37-29-. The molecule has 0 rings (SSSR count). The molecular formula is C65H114O6. The van der Waals surface area contributed by atoms with Crippen LogP contribution >= 0.6 is 0 Å². The Morgan fingerprint density at radius 1 is 0.296 bits per heavy atom. The number of allylic oxidation sites excluding steroid dienone is 12. The van der Waals surface area contributed by atoms with Crippen LogP contribution in [0, 0.1) is 0 Å². The summed E-state index contributed by atoms with van der Waals surface area (Å²) >= 11 is 0. The summed E-state index contributed by atoms with van der Waals surface area (Å²) in [5.74, 6) is -0.892. The maximum absolute atomic E-state index is 12.9. The van der Waals surface area contributed by atoms with E-state index in [4.69, 9.17) is 14.2 Å². The smallest absolute Gasteiger partial charge is 0.306 e. The first-order valence-electron chi connectivity index (χ1n) is 30.4. The molecule has 0 aliphatic rings. The first-order chi connectivity index (χ1) is 35.0. The molecule has 0 saturated heterocycles. The van der Waals surface area contributed by atoms with Crippen LogP contribution < -0.4 is 0 Å². The molecule has 0 aromatic carbocycles. The van der Waals surface area contributed by atoms with Gasteiger partial charge in [-0.1, -0.05) is 248 Å². The molecule has 71 heavy (non-hydrogen) atoms. The van der Waals surface area contributed by atoms with Gasteiger partial charge in [0.15, 0.2) is 6.10 Å². The van der Waals surface area contributed by atoms with Gasteiger partial charge in [-0.15, -0.1) is 0 Å². The number of carbonyl (C=O) groups excluding carboxylic acids is 3. The van der Waals surface area contributed by atoms with Crippen LogP contribution in [0.4, 0.5) is 0 Å². The topological polar surface area (TPSA) is 78.9 Å². The summed E-state index contributed by atoms with van der Waals surface area (Å²) in [7, 11) is 0. The van der Waals surface area contributed by atoms with Crippen molar-refractivity contribution >= 4 is 17.9 Å². The third kappa shape index (κ3) is 57.6. The molecular weight excluding hydrogens is 877 g/mol. The molecule has 6 heteroatoms. The molecule has 0 aromatic heterocycles. The van der Waals surface area contributed by atoms with E-state index < -0.39 is 6.10 Å². The van der Waals surface area contributed by atoms with Crippen molar-refractivity contribution in [3.8, 4) is 0 Å². The molecule has 0 N–H and O–H groups in total. The van der Waals surface area contributed by atoms with Crippen molar-refractivity contribution in [3.63, 3.8) is 0 Å². The molecule has 0 heterocycles. The van der Waals surface area contributed by atoms with Crippen LogP contribution in [0.5, 0.6) is 0 Å². The highest BCUT2D eigenvalue weighted by Gasteiger charge is 2.19. The monoisotopic (exact) mass is 991 g/mol. The first kappa shape index (κ1) is 67.8. The van der Waals surface area contributed by atoms with Gasteiger partial charge in [0, 0.05) is 19.3 Å². The van der Waals surface area contributed by atoms with Gasteiger partial charge in [-0.2, -0.15) is 0 Å². The first-order valence-corrected chi connectivity index (χ1v) is 30.4. The number of hydrogen-bond acceptors (Lipinski definition) is 6. The molecule has 0 amide bonds. The van der Waals surface area contributed by atoms with Crippen molar-refractivity contribution in [1.29, 1.82) is 0 Å². The van der Waals surface area contributed by atoms with Crippen molar-refractivity contribution in [2.24, 2.45) is 0 Å². The molecule has 0 bridgehead atoms. The Bertz CT molecular complexity index is 1320. The van der Waals surface area contributed by atoms with E-state index in [0.29, 0.717) is 19.3 Å². The SMILES string of the molecule is CC/C=C\C/C=C\C/C=C\C/C=C\CCCCCCCCCCCCC(=O)OCC(COC(=O)CCCCCCC/C=C\CCCCCCC)OC(=O)CCCCCCC/C=C\CCCCCCCCC. The maximum atomic E-state index is 12.9. The van der Waals surface area contributed by atoms with E-state index in [9.17, 15) is 14.4 Å². The predicted molar refractivity (Wildman–Crippen MR) is 307 cm³/mol. The van der Waals surface area contributed by atoms with Gasteiger partial charge in [0.1, 0.15) is 13.2 Å². The van der Waals surface area contributed by atoms with Crippen molar-refractivity contribution in [1.82, 2.24) is 0 Å². The van der Waals surface area contributed by atoms with E-state index in [2.05, 4.69) is 93.7 Å². The van der Waals surface area contributed by atoms with Gasteiger partial charge in [0.2, 0.25) is 0 Å². The number of rotatable bonds is 55. The Kier molecular flexibility index (Phi) is 56.8. The van der Waals surface area contributed by atoms with Crippen molar-refractivity contribution < 1.29 is 28.6 Å². The Morgan fingerprint density at radius 3 is 0.873 bits per heavy atom. The molecule has 1 unspecified atom stereocenters. The Hall–Kier alpha value is -3.15. The maximum Gasteiger partial charge on any atom is 0.306 e. The minimum absolute atomic E-state index is 0.0823. The summed E-state index contributed by atoms with van der Waals surface area (Å²) in [6.45, 7) is 6.53. The second kappa shape index (κ2) is 59.4. The van der Waals surface area contributed by atoms with Gasteiger partial charge >= 0.3 is 17.9 Å². The summed E-state index contributed by atoms with van der Waals surface area (Å²) in [6.07, 6.45) is 76.1. The van der Waals surface area contributed by atoms with Crippen LogP contribution in [0.25, 0.3) is 0 Å². The van der Waals surface area contributed by atoms with Crippen LogP contribution in [0.15, 0.2) is 72.9 Å². The Balaban J connectivity index is 4.35. The molecule has 0 aliphatic heterocycles. The summed E-state index contributed by atoms with van der Waals surface area (Å²) < 4.78 is 16.9. The molecule has 0 aliphatic carbocycles. The number of ether oxygens (including phenoxy) is 3. The normalized spacial score (nSPS) is 12.5. The van der Waals surface area contributed by atoms with Crippen molar-refractivity contribution in [2.75, 3.05) is 13.2 Å². The van der Waals surface area contributed by atoms with Crippen LogP contribution in [-0.2, 0) is 28.6 Å². The van der Waals surface area contributed by atoms with E-state index in [1.807, 2.05) is 0 Å². The molecule has 1 atom stereocenters. The third-order valence-electron chi connectivity index (χ3n) is 13.2. The quantitative estimate of drug-likeness (QED) is 0.0261. The lowest BCUT2D eigenvalue weighted by atomic mass is 10.1. The summed E-state index contributed by atoms with van der Waals surface area (Å²) in [4.78, 5) is 38.2. The fourth-order valence-corrected chi connectivity index (χ4v) is 8.60. The molecule has 0 aromatic rings. The van der Waals surface area contributed by atoms with Crippen LogP contribution in [0.1, 0.15) is 303 Å². The lowest BCUT2D eigenvalue weighted by Gasteiger charge is -2.18. The third-order valence-corrected chi connectivity index (χ3v) is 13.2. The fraction of sp³-hybridized carbons (Fsp3) is 0.769. The minimum Gasteiger partial charge on any atom is -0.462 e. The summed E-state index contributed by atoms with van der Waals surface area (Å²) in [6, 6.07) is 0. The zero-order valence-corrected chi connectivity index (χ0v) is 47.0. The van der Waals surface area contributed by atoms with E-state index in [-0.39, 0.29) is 31.1 Å². The molecule has 0 fully saturated rings. The van der Waals surface area contributed by atoms with Gasteiger partial charge in [0.25, 0.3) is 0 Å². The van der Waals surface area contributed by atoms with Crippen LogP contribution in [0.2, 0.25) is 0 Å². The Morgan fingerprint density at radius 2 is 0.549 bits per heavy atom. The lowest BCUT2D eigenvalue weighted by molar-refractivity contribution is -0.167. The van der Waals surface area contributed by atoms with Gasteiger partial charge in [-0.05, 0) is 109 Å². The van der Waals surface area contributed by atoms with E-state index in [1.165, 1.54) is 161 Å². The number of esters is 3. The molecule has 0 saturated carbocycles. The molecule has 0 radical (unpaired) electrons. The minimum atomic E-state index is -0.785. The highest BCUT2D eigenvalue weighted by molar-refractivity contribution is 5.71. The molecule has 6 nitrogen and oxygen atoms in total.